The zero-order valence-electron chi connectivity index (χ0n) is 8.47. The maximum absolute atomic E-state index is 5.59. The van der Waals surface area contributed by atoms with Gasteiger partial charge in [-0.15, -0.1) is 0 Å². The third kappa shape index (κ3) is 2.11. The van der Waals surface area contributed by atoms with Crippen molar-refractivity contribution in [1.82, 2.24) is 15.3 Å². The lowest BCUT2D eigenvalue weighted by molar-refractivity contribution is 0.567. The summed E-state index contributed by atoms with van der Waals surface area (Å²) in [5.74, 6) is 1.03. The molecular formula is C10H11N5O. The first-order chi connectivity index (χ1) is 7.77. The van der Waals surface area contributed by atoms with E-state index in [9.17, 15) is 0 Å². The number of fused-ring (bicyclic) bond motifs is 1. The molecule has 0 atom stereocenters. The number of furan rings is 1. The van der Waals surface area contributed by atoms with Crippen molar-refractivity contribution in [1.29, 1.82) is 0 Å². The summed E-state index contributed by atoms with van der Waals surface area (Å²) in [6.07, 6.45) is 4.79. The first kappa shape index (κ1) is 10.0. The molecule has 3 heterocycles. The molecule has 4 N–H and O–H groups in total. The molecule has 0 fully saturated rings. The lowest BCUT2D eigenvalue weighted by atomic mass is 10.5. The number of hydrogen-bond donors (Lipinski definition) is 3. The molecule has 2 aromatic heterocycles. The largest absolute Gasteiger partial charge is 0.473 e. The van der Waals surface area contributed by atoms with Gasteiger partial charge >= 0.3 is 0 Å². The highest BCUT2D eigenvalue weighted by molar-refractivity contribution is 5.39. The van der Waals surface area contributed by atoms with Crippen molar-refractivity contribution in [3.8, 4) is 0 Å². The van der Waals surface area contributed by atoms with Gasteiger partial charge in [0.1, 0.15) is 17.0 Å². The molecule has 16 heavy (non-hydrogen) atoms. The van der Waals surface area contributed by atoms with Gasteiger partial charge in [-0.3, -0.25) is 0 Å². The highest BCUT2D eigenvalue weighted by Crippen LogP contribution is 1.88. The van der Waals surface area contributed by atoms with E-state index in [4.69, 9.17) is 5.73 Å². The molecule has 2 aromatic rings. The quantitative estimate of drug-likeness (QED) is 0.550. The van der Waals surface area contributed by atoms with Gasteiger partial charge in [0.25, 0.3) is 0 Å². The summed E-state index contributed by atoms with van der Waals surface area (Å²) in [4.78, 5) is 10.8. The fourth-order valence-electron chi connectivity index (χ4n) is 1.17. The molecule has 0 saturated heterocycles. The minimum Gasteiger partial charge on any atom is -0.473 e. The standard InChI is InChI=1S/C6H7N5.C4H4O/c1-3-10-5(7)4-6(11-3)9-2-8-4;1-2-4-5-3-1/h2,10H,1,7H2,(H,8,9,11);1-4H. The van der Waals surface area contributed by atoms with Crippen LogP contribution >= 0.6 is 0 Å². The number of nitrogens with two attached hydrogens (primary N) is 1. The fourth-order valence-corrected chi connectivity index (χ4v) is 1.17. The predicted octanol–water partition coefficient (Wildman–Crippen LogP) is -0.592. The average molecular weight is 217 g/mol. The molecule has 0 spiro atoms. The highest BCUT2D eigenvalue weighted by atomic mass is 16.3. The molecule has 1 aliphatic heterocycles. The number of hydrogen-bond acceptors (Lipinski definition) is 5. The van der Waals surface area contributed by atoms with Gasteiger partial charge in [-0.05, 0) is 12.1 Å². The van der Waals surface area contributed by atoms with E-state index in [1.165, 1.54) is 0 Å². The van der Waals surface area contributed by atoms with Crippen LogP contribution in [-0.4, -0.2) is 9.97 Å². The van der Waals surface area contributed by atoms with Crippen LogP contribution in [0.3, 0.4) is 0 Å². The maximum atomic E-state index is 5.59. The Balaban J connectivity index is 0.000000162. The molecular weight excluding hydrogens is 206 g/mol. The minimum atomic E-state index is 0.512. The van der Waals surface area contributed by atoms with Crippen LogP contribution in [0.4, 0.5) is 0 Å². The number of nitrogens with zero attached hydrogens (tertiary/aromatic N) is 2. The smallest absolute Gasteiger partial charge is 0.183 e. The first-order valence-corrected chi connectivity index (χ1v) is 4.58. The van der Waals surface area contributed by atoms with Crippen LogP contribution < -0.4 is 21.9 Å². The normalized spacial score (nSPS) is 13.0. The van der Waals surface area contributed by atoms with Crippen molar-refractivity contribution in [3.63, 3.8) is 0 Å². The Hall–Kier alpha value is -2.50. The predicted molar refractivity (Wildman–Crippen MR) is 57.9 cm³/mol. The number of rotatable bonds is 0. The van der Waals surface area contributed by atoms with E-state index in [-0.39, 0.29) is 0 Å². The molecule has 6 nitrogen and oxygen atoms in total. The zero-order chi connectivity index (χ0) is 11.4. The summed E-state index contributed by atoms with van der Waals surface area (Å²) in [5.41, 5.74) is 6.18. The van der Waals surface area contributed by atoms with E-state index in [2.05, 4.69) is 31.3 Å². The van der Waals surface area contributed by atoms with Gasteiger partial charge in [0.15, 0.2) is 5.49 Å². The Morgan fingerprint density at radius 1 is 1.31 bits per heavy atom. The van der Waals surface area contributed by atoms with Crippen molar-refractivity contribution < 1.29 is 4.42 Å². The van der Waals surface area contributed by atoms with Crippen LogP contribution in [-0.2, 0) is 0 Å². The van der Waals surface area contributed by atoms with E-state index in [0.29, 0.717) is 17.1 Å². The average Bonchev–Trinajstić information content (AvgIpc) is 2.90. The molecule has 3 rings (SSSR count). The van der Waals surface area contributed by atoms with E-state index < -0.39 is 0 Å². The van der Waals surface area contributed by atoms with Gasteiger partial charge in [0.05, 0.1) is 18.9 Å². The highest BCUT2D eigenvalue weighted by Gasteiger charge is 2.03. The van der Waals surface area contributed by atoms with Gasteiger partial charge in [-0.1, -0.05) is 6.58 Å². The van der Waals surface area contributed by atoms with E-state index >= 15 is 0 Å². The Bertz CT molecular complexity index is 564. The zero-order valence-corrected chi connectivity index (χ0v) is 8.47. The van der Waals surface area contributed by atoms with Crippen LogP contribution in [0.2, 0.25) is 0 Å². The van der Waals surface area contributed by atoms with Crippen LogP contribution in [0.5, 0.6) is 0 Å². The molecule has 0 aromatic carbocycles. The van der Waals surface area contributed by atoms with Crippen LogP contribution in [0.25, 0.3) is 5.82 Å². The minimum absolute atomic E-state index is 0.512. The summed E-state index contributed by atoms with van der Waals surface area (Å²) in [6.45, 7) is 3.61. The number of aromatic amines is 1. The molecule has 0 aliphatic carbocycles. The summed E-state index contributed by atoms with van der Waals surface area (Å²) >= 11 is 0. The van der Waals surface area contributed by atoms with Crippen molar-refractivity contribution >= 4 is 5.82 Å². The molecule has 0 saturated carbocycles. The van der Waals surface area contributed by atoms with Gasteiger partial charge in [0.2, 0.25) is 0 Å². The van der Waals surface area contributed by atoms with Crippen LogP contribution in [0, 0.1) is 0 Å². The second-order valence-corrected chi connectivity index (χ2v) is 2.99. The molecule has 0 bridgehead atoms. The summed E-state index contributed by atoms with van der Waals surface area (Å²) in [6, 6.07) is 3.67. The molecule has 82 valence electrons. The van der Waals surface area contributed by atoms with Gasteiger partial charge in [-0.2, -0.15) is 0 Å². The summed E-state index contributed by atoms with van der Waals surface area (Å²) in [7, 11) is 0. The molecule has 0 radical (unpaired) electrons. The number of H-pyrrole nitrogens is 1. The van der Waals surface area contributed by atoms with E-state index in [0.717, 1.165) is 5.35 Å². The van der Waals surface area contributed by atoms with Gasteiger partial charge in [-0.25, -0.2) is 9.98 Å². The Morgan fingerprint density at radius 2 is 2.06 bits per heavy atom. The van der Waals surface area contributed by atoms with E-state index in [1.807, 2.05) is 12.1 Å². The number of imidazole rings is 1. The molecule has 1 aliphatic rings. The third-order valence-corrected chi connectivity index (χ3v) is 1.83. The van der Waals surface area contributed by atoms with E-state index in [1.54, 1.807) is 18.9 Å². The first-order valence-electron chi connectivity index (χ1n) is 4.58. The third-order valence-electron chi connectivity index (χ3n) is 1.83. The number of nitrogens with one attached hydrogen (secondary N) is 2. The maximum Gasteiger partial charge on any atom is 0.183 e. The topological polar surface area (TPSA) is 92.2 Å². The molecule has 6 heteroatoms. The molecule has 0 unspecified atom stereocenters. The lowest BCUT2D eigenvalue weighted by Gasteiger charge is -2.06. The summed E-state index contributed by atoms with van der Waals surface area (Å²) < 4.78 is 4.58. The van der Waals surface area contributed by atoms with Crippen molar-refractivity contribution in [2.45, 2.75) is 0 Å². The Morgan fingerprint density at radius 3 is 2.69 bits per heavy atom. The SMILES string of the molecule is C=C1N=c2nc[nH]c2=C(N)N1.c1ccoc1. The lowest BCUT2D eigenvalue weighted by Crippen LogP contribution is -2.40. The second-order valence-electron chi connectivity index (χ2n) is 2.99. The van der Waals surface area contributed by atoms with Crippen molar-refractivity contribution in [2.24, 2.45) is 10.7 Å². The van der Waals surface area contributed by atoms with Crippen LogP contribution in [0.15, 0.2) is 52.8 Å². The van der Waals surface area contributed by atoms with Gasteiger partial charge in [0, 0.05) is 0 Å². The summed E-state index contributed by atoms with van der Waals surface area (Å²) in [5, 5.41) is 3.50. The molecule has 0 amide bonds. The van der Waals surface area contributed by atoms with Crippen molar-refractivity contribution in [3.05, 3.63) is 54.2 Å². The van der Waals surface area contributed by atoms with Crippen molar-refractivity contribution in [2.75, 3.05) is 0 Å². The van der Waals surface area contributed by atoms with Crippen LogP contribution in [0.1, 0.15) is 0 Å². The van der Waals surface area contributed by atoms with Gasteiger partial charge < -0.3 is 20.5 Å². The fraction of sp³-hybridized carbons (Fsp3) is 0. The Kier molecular flexibility index (Phi) is 2.73. The second kappa shape index (κ2) is 4.35. The Labute approximate surface area is 91.2 Å². The number of aromatic nitrogens is 2. The monoisotopic (exact) mass is 217 g/mol.